The third kappa shape index (κ3) is 3.77. The number of hydrogen-bond acceptors (Lipinski definition) is 4. The van der Waals surface area contributed by atoms with E-state index in [-0.39, 0.29) is 23.1 Å². The highest BCUT2D eigenvalue weighted by Crippen LogP contribution is 2.29. The summed E-state index contributed by atoms with van der Waals surface area (Å²) in [4.78, 5) is 3.87. The van der Waals surface area contributed by atoms with Gasteiger partial charge in [0.15, 0.2) is 0 Å². The molecular weight excluding hydrogens is 261 g/mol. The molecule has 0 radical (unpaired) electrons. The Morgan fingerprint density at radius 1 is 1.05 bits per heavy atom. The Hall–Kier alpha value is -2.44. The fourth-order valence-electron chi connectivity index (χ4n) is 1.33. The van der Waals surface area contributed by atoms with Gasteiger partial charge in [-0.15, -0.1) is 13.2 Å². The first-order valence-electron chi connectivity index (χ1n) is 5.18. The summed E-state index contributed by atoms with van der Waals surface area (Å²) in [5.74, 6) is -0.113. The van der Waals surface area contributed by atoms with Crippen LogP contribution in [-0.4, -0.2) is 11.3 Å². The molecule has 4 nitrogen and oxygen atoms in total. The first kappa shape index (κ1) is 13.0. The van der Waals surface area contributed by atoms with E-state index in [1.807, 2.05) is 0 Å². The molecule has 19 heavy (non-hydrogen) atoms. The van der Waals surface area contributed by atoms with Gasteiger partial charge in [-0.25, -0.2) is 4.98 Å². The maximum Gasteiger partial charge on any atom is 0.573 e. The quantitative estimate of drug-likeness (QED) is 0.929. The van der Waals surface area contributed by atoms with Crippen molar-refractivity contribution in [3.8, 4) is 17.4 Å². The Labute approximate surface area is 106 Å². The van der Waals surface area contributed by atoms with Crippen molar-refractivity contribution < 1.29 is 22.6 Å². The molecule has 100 valence electrons. The zero-order chi connectivity index (χ0) is 13.9. The monoisotopic (exact) mass is 270 g/mol. The van der Waals surface area contributed by atoms with E-state index in [1.165, 1.54) is 24.4 Å². The molecule has 1 heterocycles. The molecule has 0 saturated heterocycles. The molecule has 2 N–H and O–H groups in total. The standard InChI is InChI=1S/C12H9F3N2O2/c13-12(14,15)19-9-4-1-3-8(7-9)18-11-10(16)5-2-6-17-11/h1-7H,16H2. The summed E-state index contributed by atoms with van der Waals surface area (Å²) >= 11 is 0. The van der Waals surface area contributed by atoms with E-state index in [0.29, 0.717) is 0 Å². The van der Waals surface area contributed by atoms with Crippen molar-refractivity contribution in [2.45, 2.75) is 6.36 Å². The van der Waals surface area contributed by atoms with Crippen LogP contribution >= 0.6 is 0 Å². The Morgan fingerprint density at radius 2 is 1.79 bits per heavy atom. The number of rotatable bonds is 3. The van der Waals surface area contributed by atoms with Gasteiger partial charge in [0.2, 0.25) is 5.88 Å². The second-order valence-electron chi connectivity index (χ2n) is 3.52. The Bertz CT molecular complexity index is 573. The first-order chi connectivity index (χ1) is 8.94. The molecular formula is C12H9F3N2O2. The average molecular weight is 270 g/mol. The maximum absolute atomic E-state index is 12.1. The second-order valence-corrected chi connectivity index (χ2v) is 3.52. The molecule has 2 aromatic rings. The summed E-state index contributed by atoms with van der Waals surface area (Å²) in [6.45, 7) is 0. The van der Waals surface area contributed by atoms with Crippen molar-refractivity contribution in [2.75, 3.05) is 5.73 Å². The van der Waals surface area contributed by atoms with Gasteiger partial charge in [0.25, 0.3) is 0 Å². The topological polar surface area (TPSA) is 57.4 Å². The van der Waals surface area contributed by atoms with Gasteiger partial charge in [-0.3, -0.25) is 0 Å². The Kier molecular flexibility index (Phi) is 3.46. The van der Waals surface area contributed by atoms with Gasteiger partial charge < -0.3 is 15.2 Å². The van der Waals surface area contributed by atoms with E-state index >= 15 is 0 Å². The molecule has 0 amide bonds. The smallest absolute Gasteiger partial charge is 0.437 e. The highest BCUT2D eigenvalue weighted by atomic mass is 19.4. The molecule has 0 aliphatic heterocycles. The highest BCUT2D eigenvalue weighted by Gasteiger charge is 2.31. The van der Waals surface area contributed by atoms with Crippen LogP contribution in [0.5, 0.6) is 17.4 Å². The summed E-state index contributed by atoms with van der Waals surface area (Å²) in [5, 5.41) is 0. The molecule has 1 aromatic carbocycles. The molecule has 0 spiro atoms. The number of pyridine rings is 1. The molecule has 0 atom stereocenters. The third-order valence-electron chi connectivity index (χ3n) is 2.05. The number of benzene rings is 1. The number of nitrogens with two attached hydrogens (primary N) is 1. The van der Waals surface area contributed by atoms with Crippen LogP contribution in [0.25, 0.3) is 0 Å². The zero-order valence-electron chi connectivity index (χ0n) is 9.52. The van der Waals surface area contributed by atoms with E-state index in [9.17, 15) is 13.2 Å². The summed E-state index contributed by atoms with van der Waals surface area (Å²) < 4.78 is 45.3. The number of halogens is 3. The largest absolute Gasteiger partial charge is 0.573 e. The van der Waals surface area contributed by atoms with Gasteiger partial charge in [0, 0.05) is 12.3 Å². The number of aromatic nitrogens is 1. The Balaban J connectivity index is 2.18. The SMILES string of the molecule is Nc1cccnc1Oc1cccc(OC(F)(F)F)c1. The minimum Gasteiger partial charge on any atom is -0.437 e. The molecule has 7 heteroatoms. The van der Waals surface area contributed by atoms with Crippen molar-refractivity contribution >= 4 is 5.69 Å². The van der Waals surface area contributed by atoms with Crippen LogP contribution in [0, 0.1) is 0 Å². The molecule has 0 aliphatic rings. The third-order valence-corrected chi connectivity index (χ3v) is 2.05. The number of hydrogen-bond donors (Lipinski definition) is 1. The molecule has 0 aliphatic carbocycles. The fourth-order valence-corrected chi connectivity index (χ4v) is 1.33. The predicted octanol–water partition coefficient (Wildman–Crippen LogP) is 3.35. The van der Waals surface area contributed by atoms with Gasteiger partial charge in [0.05, 0.1) is 5.69 Å². The lowest BCUT2D eigenvalue weighted by molar-refractivity contribution is -0.274. The lowest BCUT2D eigenvalue weighted by atomic mass is 10.3. The number of nitrogen functional groups attached to an aromatic ring is 1. The van der Waals surface area contributed by atoms with Crippen molar-refractivity contribution in [2.24, 2.45) is 0 Å². The number of anilines is 1. The lowest BCUT2D eigenvalue weighted by Crippen LogP contribution is -2.17. The van der Waals surface area contributed by atoms with Crippen molar-refractivity contribution in [3.63, 3.8) is 0 Å². The summed E-state index contributed by atoms with van der Waals surface area (Å²) in [5.41, 5.74) is 5.89. The summed E-state index contributed by atoms with van der Waals surface area (Å²) in [6.07, 6.45) is -3.29. The first-order valence-corrected chi connectivity index (χ1v) is 5.18. The van der Waals surface area contributed by atoms with Gasteiger partial charge >= 0.3 is 6.36 Å². The normalized spacial score (nSPS) is 11.1. The van der Waals surface area contributed by atoms with Crippen LogP contribution < -0.4 is 15.2 Å². The molecule has 1 aromatic heterocycles. The van der Waals surface area contributed by atoms with Crippen LogP contribution in [0.1, 0.15) is 0 Å². The van der Waals surface area contributed by atoms with Gasteiger partial charge in [0.1, 0.15) is 11.5 Å². The van der Waals surface area contributed by atoms with Gasteiger partial charge in [-0.05, 0) is 24.3 Å². The highest BCUT2D eigenvalue weighted by molar-refractivity contribution is 5.49. The predicted molar refractivity (Wildman–Crippen MR) is 61.8 cm³/mol. The van der Waals surface area contributed by atoms with Crippen molar-refractivity contribution in [3.05, 3.63) is 42.6 Å². The summed E-state index contributed by atoms with van der Waals surface area (Å²) in [7, 11) is 0. The molecule has 0 unspecified atom stereocenters. The van der Waals surface area contributed by atoms with E-state index in [4.69, 9.17) is 10.5 Å². The van der Waals surface area contributed by atoms with E-state index in [0.717, 1.165) is 6.07 Å². The second kappa shape index (κ2) is 5.05. The van der Waals surface area contributed by atoms with Gasteiger partial charge in [-0.1, -0.05) is 6.07 Å². The van der Waals surface area contributed by atoms with Crippen molar-refractivity contribution in [1.82, 2.24) is 4.98 Å². The minimum absolute atomic E-state index is 0.117. The van der Waals surface area contributed by atoms with E-state index in [1.54, 1.807) is 12.1 Å². The average Bonchev–Trinajstić information content (AvgIpc) is 2.30. The number of alkyl halides is 3. The van der Waals surface area contributed by atoms with Crippen LogP contribution in [0.15, 0.2) is 42.6 Å². The molecule has 0 fully saturated rings. The molecule has 0 saturated carbocycles. The number of ether oxygens (including phenoxy) is 2. The fraction of sp³-hybridized carbons (Fsp3) is 0.0833. The number of nitrogens with zero attached hydrogens (tertiary/aromatic N) is 1. The van der Waals surface area contributed by atoms with Crippen LogP contribution in [-0.2, 0) is 0 Å². The molecule has 0 bridgehead atoms. The zero-order valence-corrected chi connectivity index (χ0v) is 9.52. The van der Waals surface area contributed by atoms with E-state index < -0.39 is 6.36 Å². The lowest BCUT2D eigenvalue weighted by Gasteiger charge is -2.11. The van der Waals surface area contributed by atoms with Crippen LogP contribution in [0.4, 0.5) is 18.9 Å². The Morgan fingerprint density at radius 3 is 2.47 bits per heavy atom. The van der Waals surface area contributed by atoms with Crippen LogP contribution in [0.3, 0.4) is 0 Å². The van der Waals surface area contributed by atoms with Crippen molar-refractivity contribution in [1.29, 1.82) is 0 Å². The molecule has 2 rings (SSSR count). The maximum atomic E-state index is 12.1. The van der Waals surface area contributed by atoms with E-state index in [2.05, 4.69) is 9.72 Å². The van der Waals surface area contributed by atoms with Gasteiger partial charge in [-0.2, -0.15) is 0 Å². The van der Waals surface area contributed by atoms with Crippen LogP contribution in [0.2, 0.25) is 0 Å². The summed E-state index contributed by atoms with van der Waals surface area (Å²) in [6, 6.07) is 8.29. The minimum atomic E-state index is -4.75.